The molecule has 1 aliphatic rings. The Balaban J connectivity index is 2.22. The minimum Gasteiger partial charge on any atom is -0.303 e. The van der Waals surface area contributed by atoms with Gasteiger partial charge in [0.25, 0.3) is 0 Å². The van der Waals surface area contributed by atoms with Crippen LogP contribution in [0.1, 0.15) is 59.8 Å². The van der Waals surface area contributed by atoms with Crippen LogP contribution in [-0.4, -0.2) is 24.5 Å². The lowest BCUT2D eigenvalue weighted by Crippen LogP contribution is -2.39. The van der Waals surface area contributed by atoms with Crippen molar-refractivity contribution in [2.75, 3.05) is 19.6 Å². The fourth-order valence-electron chi connectivity index (χ4n) is 2.47. The van der Waals surface area contributed by atoms with Gasteiger partial charge < -0.3 is 4.90 Å². The van der Waals surface area contributed by atoms with Gasteiger partial charge in [-0.15, -0.1) is 0 Å². The first-order chi connectivity index (χ1) is 7.91. The van der Waals surface area contributed by atoms with Gasteiger partial charge in [0, 0.05) is 0 Å². The number of likely N-dealkylation sites (tertiary alicyclic amines) is 1. The van der Waals surface area contributed by atoms with Crippen molar-refractivity contribution in [1.82, 2.24) is 4.90 Å². The highest BCUT2D eigenvalue weighted by Gasteiger charge is 2.28. The van der Waals surface area contributed by atoms with Crippen LogP contribution in [0.2, 0.25) is 0 Å². The minimum atomic E-state index is -0.145. The van der Waals surface area contributed by atoms with Gasteiger partial charge in [-0.05, 0) is 64.6 Å². The third-order valence-corrected chi connectivity index (χ3v) is 4.50. The molecule has 0 N–H and O–H groups in total. The van der Waals surface area contributed by atoms with Crippen LogP contribution in [0.4, 0.5) is 0 Å². The quantitative estimate of drug-likeness (QED) is 0.725. The Morgan fingerprint density at radius 3 is 2.35 bits per heavy atom. The summed E-state index contributed by atoms with van der Waals surface area (Å²) in [6, 6.07) is 2.38. The van der Waals surface area contributed by atoms with Gasteiger partial charge >= 0.3 is 0 Å². The molecule has 0 aliphatic carbocycles. The second kappa shape index (κ2) is 5.87. The highest BCUT2D eigenvalue weighted by atomic mass is 15.1. The Morgan fingerprint density at radius 1 is 1.29 bits per heavy atom. The van der Waals surface area contributed by atoms with Crippen molar-refractivity contribution in [2.24, 2.45) is 10.8 Å². The van der Waals surface area contributed by atoms with Crippen molar-refractivity contribution in [3.05, 3.63) is 0 Å². The van der Waals surface area contributed by atoms with Crippen molar-refractivity contribution < 1.29 is 0 Å². The van der Waals surface area contributed by atoms with Gasteiger partial charge in [-0.3, -0.25) is 0 Å². The molecule has 2 nitrogen and oxygen atoms in total. The van der Waals surface area contributed by atoms with E-state index >= 15 is 0 Å². The zero-order valence-corrected chi connectivity index (χ0v) is 12.1. The maximum Gasteiger partial charge on any atom is 0.0683 e. The molecule has 2 heteroatoms. The molecule has 0 spiro atoms. The molecule has 0 atom stereocenters. The lowest BCUT2D eigenvalue weighted by molar-refractivity contribution is 0.111. The predicted molar refractivity (Wildman–Crippen MR) is 72.7 cm³/mol. The van der Waals surface area contributed by atoms with E-state index in [1.54, 1.807) is 0 Å². The van der Waals surface area contributed by atoms with Crippen LogP contribution in [-0.2, 0) is 0 Å². The lowest BCUT2D eigenvalue weighted by atomic mass is 9.78. The molecular weight excluding hydrogens is 208 g/mol. The molecule has 1 aliphatic heterocycles. The van der Waals surface area contributed by atoms with Gasteiger partial charge in [-0.2, -0.15) is 5.26 Å². The Kier molecular flexibility index (Phi) is 5.01. The van der Waals surface area contributed by atoms with Gasteiger partial charge in [0.1, 0.15) is 0 Å². The summed E-state index contributed by atoms with van der Waals surface area (Å²) in [5, 5.41) is 8.97. The normalized spacial score (nSPS) is 21.1. The summed E-state index contributed by atoms with van der Waals surface area (Å²) in [6.07, 6.45) is 6.16. The molecule has 0 bridgehead atoms. The molecule has 0 unspecified atom stereocenters. The van der Waals surface area contributed by atoms with Gasteiger partial charge in [0.15, 0.2) is 0 Å². The summed E-state index contributed by atoms with van der Waals surface area (Å²) in [5.74, 6) is 0. The van der Waals surface area contributed by atoms with Crippen molar-refractivity contribution in [1.29, 1.82) is 5.26 Å². The number of nitrogens with zero attached hydrogens (tertiary/aromatic N) is 2. The first kappa shape index (κ1) is 14.5. The summed E-state index contributed by atoms with van der Waals surface area (Å²) in [7, 11) is 0. The van der Waals surface area contributed by atoms with Gasteiger partial charge in [-0.1, -0.05) is 20.3 Å². The molecule has 0 aromatic rings. The molecule has 0 aromatic carbocycles. The first-order valence-corrected chi connectivity index (χ1v) is 7.04. The molecule has 1 saturated heterocycles. The molecule has 0 amide bonds. The van der Waals surface area contributed by atoms with Crippen LogP contribution in [0.15, 0.2) is 0 Å². The van der Waals surface area contributed by atoms with Gasteiger partial charge in [0.2, 0.25) is 0 Å². The van der Waals surface area contributed by atoms with E-state index in [-0.39, 0.29) is 5.41 Å². The fraction of sp³-hybridized carbons (Fsp3) is 0.933. The van der Waals surface area contributed by atoms with Gasteiger partial charge in [0.05, 0.1) is 11.5 Å². The third kappa shape index (κ3) is 4.68. The zero-order chi connectivity index (χ0) is 12.9. The van der Waals surface area contributed by atoms with Crippen molar-refractivity contribution in [3.63, 3.8) is 0 Å². The van der Waals surface area contributed by atoms with E-state index in [2.05, 4.69) is 24.8 Å². The molecular formula is C15H28N2. The highest BCUT2D eigenvalue weighted by molar-refractivity contribution is 4.91. The molecule has 1 rings (SSSR count). The van der Waals surface area contributed by atoms with Gasteiger partial charge in [-0.25, -0.2) is 0 Å². The van der Waals surface area contributed by atoms with E-state index < -0.39 is 0 Å². The van der Waals surface area contributed by atoms with E-state index in [0.717, 1.165) is 12.8 Å². The van der Waals surface area contributed by atoms with Crippen LogP contribution in [0.5, 0.6) is 0 Å². The van der Waals surface area contributed by atoms with Crippen LogP contribution < -0.4 is 0 Å². The number of rotatable bonds is 5. The maximum absolute atomic E-state index is 8.97. The third-order valence-electron chi connectivity index (χ3n) is 4.50. The van der Waals surface area contributed by atoms with Crippen molar-refractivity contribution in [2.45, 2.75) is 59.8 Å². The molecule has 0 radical (unpaired) electrons. The Morgan fingerprint density at radius 2 is 1.88 bits per heavy atom. The molecule has 1 fully saturated rings. The van der Waals surface area contributed by atoms with Crippen molar-refractivity contribution in [3.8, 4) is 6.07 Å². The summed E-state index contributed by atoms with van der Waals surface area (Å²) < 4.78 is 0. The molecule has 17 heavy (non-hydrogen) atoms. The fourth-order valence-corrected chi connectivity index (χ4v) is 2.47. The topological polar surface area (TPSA) is 27.0 Å². The second-order valence-corrected chi connectivity index (χ2v) is 6.61. The average Bonchev–Trinajstić information content (AvgIpc) is 2.32. The summed E-state index contributed by atoms with van der Waals surface area (Å²) in [5.41, 5.74) is 0.441. The molecule has 1 heterocycles. The standard InChI is InChI=1S/C15H28N2/c1-5-15(4)8-11-17(12-9-15)10-6-7-14(2,3)13-16/h5-12H2,1-4H3. The summed E-state index contributed by atoms with van der Waals surface area (Å²) >= 11 is 0. The van der Waals surface area contributed by atoms with E-state index in [4.69, 9.17) is 5.26 Å². The number of hydrogen-bond acceptors (Lipinski definition) is 2. The average molecular weight is 236 g/mol. The SMILES string of the molecule is CCC1(C)CCN(CCCC(C)(C)C#N)CC1. The summed E-state index contributed by atoms with van der Waals surface area (Å²) in [6.45, 7) is 12.5. The number of nitriles is 1. The molecule has 0 aromatic heterocycles. The molecule has 0 saturated carbocycles. The predicted octanol–water partition coefficient (Wildman–Crippen LogP) is 3.83. The van der Waals surface area contributed by atoms with Crippen LogP contribution in [0.25, 0.3) is 0 Å². The largest absolute Gasteiger partial charge is 0.303 e. The van der Waals surface area contributed by atoms with E-state index in [9.17, 15) is 0 Å². The zero-order valence-electron chi connectivity index (χ0n) is 12.1. The maximum atomic E-state index is 8.97. The van der Waals surface area contributed by atoms with E-state index in [1.165, 1.54) is 38.9 Å². The second-order valence-electron chi connectivity index (χ2n) is 6.61. The Labute approximate surface area is 107 Å². The van der Waals surface area contributed by atoms with E-state index in [0.29, 0.717) is 5.41 Å². The molecule has 98 valence electrons. The lowest BCUT2D eigenvalue weighted by Gasteiger charge is -2.39. The van der Waals surface area contributed by atoms with Crippen LogP contribution in [0.3, 0.4) is 0 Å². The smallest absolute Gasteiger partial charge is 0.0683 e. The summed E-state index contributed by atoms with van der Waals surface area (Å²) in [4.78, 5) is 2.57. The van der Waals surface area contributed by atoms with Crippen LogP contribution >= 0.6 is 0 Å². The number of hydrogen-bond donors (Lipinski definition) is 0. The Bertz CT molecular complexity index is 267. The minimum absolute atomic E-state index is 0.145. The van der Waals surface area contributed by atoms with Crippen molar-refractivity contribution >= 4 is 0 Å². The van der Waals surface area contributed by atoms with E-state index in [1.807, 2.05) is 13.8 Å². The van der Waals surface area contributed by atoms with Crippen LogP contribution in [0, 0.1) is 22.2 Å². The Hall–Kier alpha value is -0.550. The monoisotopic (exact) mass is 236 g/mol. The first-order valence-electron chi connectivity index (χ1n) is 7.04. The number of piperidine rings is 1. The highest BCUT2D eigenvalue weighted by Crippen LogP contribution is 2.34.